The van der Waals surface area contributed by atoms with Crippen LogP contribution in [0.3, 0.4) is 0 Å². The predicted octanol–water partition coefficient (Wildman–Crippen LogP) is 4.70. The van der Waals surface area contributed by atoms with Gasteiger partial charge in [0.05, 0.1) is 17.8 Å². The maximum Gasteiger partial charge on any atom is 0.306 e. The molecular weight excluding hydrogens is 470 g/mol. The molecule has 3 aromatic carbocycles. The van der Waals surface area contributed by atoms with Gasteiger partial charge in [0.15, 0.2) is 6.61 Å². The summed E-state index contributed by atoms with van der Waals surface area (Å²) >= 11 is 0. The molecule has 2 heterocycles. The fourth-order valence-corrected chi connectivity index (χ4v) is 3.65. The number of nitrogens with zero attached hydrogens (tertiary/aromatic N) is 4. The molecule has 0 spiro atoms. The number of carbonyl (C=O) groups excluding carboxylic acids is 2. The van der Waals surface area contributed by atoms with E-state index < -0.39 is 18.5 Å². The first-order valence-electron chi connectivity index (χ1n) is 11.7. The smallest absolute Gasteiger partial charge is 0.306 e. The van der Waals surface area contributed by atoms with E-state index in [9.17, 15) is 9.59 Å². The molecule has 0 saturated heterocycles. The van der Waals surface area contributed by atoms with Crippen LogP contribution < -0.4 is 5.32 Å². The zero-order valence-electron chi connectivity index (χ0n) is 19.8. The van der Waals surface area contributed by atoms with Gasteiger partial charge in [0.2, 0.25) is 11.7 Å². The minimum Gasteiger partial charge on any atom is -0.456 e. The second-order valence-electron chi connectivity index (χ2n) is 8.11. The summed E-state index contributed by atoms with van der Waals surface area (Å²) in [5.74, 6) is 0.212. The summed E-state index contributed by atoms with van der Waals surface area (Å²) < 4.78 is 12.0. The minimum absolute atomic E-state index is 0.00378. The average molecular weight is 494 g/mol. The van der Waals surface area contributed by atoms with Gasteiger partial charge in [-0.15, -0.1) is 0 Å². The van der Waals surface area contributed by atoms with Gasteiger partial charge in [-0.2, -0.15) is 10.1 Å². The summed E-state index contributed by atoms with van der Waals surface area (Å²) in [5.41, 5.74) is 3.22. The summed E-state index contributed by atoms with van der Waals surface area (Å²) in [6.07, 6.45) is 0.214. The summed E-state index contributed by atoms with van der Waals surface area (Å²) in [6.45, 7) is -0.432. The molecule has 0 aliphatic heterocycles. The second kappa shape index (κ2) is 11.1. The van der Waals surface area contributed by atoms with Crippen LogP contribution in [0.5, 0.6) is 0 Å². The fourth-order valence-electron chi connectivity index (χ4n) is 3.65. The highest BCUT2D eigenvalue weighted by molar-refractivity contribution is 5.93. The Morgan fingerprint density at radius 1 is 0.865 bits per heavy atom. The Morgan fingerprint density at radius 2 is 1.51 bits per heavy atom. The third kappa shape index (κ3) is 5.96. The molecule has 37 heavy (non-hydrogen) atoms. The molecule has 5 aromatic rings. The quantitative estimate of drug-likeness (QED) is 0.296. The lowest BCUT2D eigenvalue weighted by atomic mass is 10.2. The summed E-state index contributed by atoms with van der Waals surface area (Å²) in [7, 11) is 0. The van der Waals surface area contributed by atoms with Crippen molar-refractivity contribution in [2.24, 2.45) is 0 Å². The number of hydrogen-bond acceptors (Lipinski definition) is 7. The van der Waals surface area contributed by atoms with Gasteiger partial charge in [-0.1, -0.05) is 84.0 Å². The number of aromatic nitrogens is 4. The molecule has 0 atom stereocenters. The van der Waals surface area contributed by atoms with E-state index in [0.717, 1.165) is 16.8 Å². The van der Waals surface area contributed by atoms with Crippen LogP contribution in [0.15, 0.2) is 102 Å². The number of nitrogens with one attached hydrogen (secondary N) is 1. The highest BCUT2D eigenvalue weighted by Gasteiger charge is 2.16. The van der Waals surface area contributed by atoms with Gasteiger partial charge in [-0.3, -0.25) is 9.59 Å². The number of hydrogen-bond donors (Lipinski definition) is 1. The van der Waals surface area contributed by atoms with Gasteiger partial charge in [0.25, 0.3) is 5.91 Å². The first kappa shape index (κ1) is 23.7. The molecule has 9 heteroatoms. The molecule has 0 unspecified atom stereocenters. The molecule has 184 valence electrons. The van der Waals surface area contributed by atoms with Crippen molar-refractivity contribution in [3.05, 3.63) is 103 Å². The topological polar surface area (TPSA) is 112 Å². The Morgan fingerprint density at radius 3 is 2.22 bits per heavy atom. The van der Waals surface area contributed by atoms with E-state index in [-0.39, 0.29) is 12.8 Å². The largest absolute Gasteiger partial charge is 0.456 e. The molecule has 2 aromatic heterocycles. The summed E-state index contributed by atoms with van der Waals surface area (Å²) in [4.78, 5) is 29.1. The van der Waals surface area contributed by atoms with Crippen LogP contribution in [0.25, 0.3) is 28.3 Å². The van der Waals surface area contributed by atoms with E-state index >= 15 is 0 Å². The SMILES string of the molecule is O=C(COC(=O)CCc1nc(-c2ccccc2)no1)Nc1cc(-c2ccccc2)nn1-c1ccccc1. The number of esters is 1. The van der Waals surface area contributed by atoms with Crippen LogP contribution in [0.2, 0.25) is 0 Å². The molecule has 5 rings (SSSR count). The third-order valence-electron chi connectivity index (χ3n) is 5.45. The standard InChI is InChI=1S/C28H23N5O4/c34-25(19-36-27(35)17-16-26-30-28(32-37-26)21-12-6-2-7-13-21)29-24-18-23(20-10-4-1-5-11-20)31-33(24)22-14-8-3-9-15-22/h1-15,18H,16-17,19H2,(H,29,34). The fraction of sp³-hybridized carbons (Fsp3) is 0.107. The molecule has 1 amide bonds. The Labute approximate surface area is 212 Å². The monoisotopic (exact) mass is 493 g/mol. The maximum atomic E-state index is 12.6. The molecule has 0 aliphatic carbocycles. The number of aryl methyl sites for hydroxylation is 1. The molecule has 0 aliphatic rings. The van der Waals surface area contributed by atoms with E-state index in [4.69, 9.17) is 9.26 Å². The van der Waals surface area contributed by atoms with Gasteiger partial charge in [-0.05, 0) is 12.1 Å². The van der Waals surface area contributed by atoms with E-state index in [1.807, 2.05) is 91.0 Å². The molecule has 0 bridgehead atoms. The molecular formula is C28H23N5O4. The van der Waals surface area contributed by atoms with Crippen LogP contribution in [0.4, 0.5) is 5.82 Å². The van der Waals surface area contributed by atoms with Crippen LogP contribution in [-0.2, 0) is 20.7 Å². The summed E-state index contributed by atoms with van der Waals surface area (Å²) in [6, 6.07) is 30.3. The molecule has 0 radical (unpaired) electrons. The number of anilines is 1. The van der Waals surface area contributed by atoms with E-state index in [2.05, 4.69) is 20.6 Å². The lowest BCUT2D eigenvalue weighted by molar-refractivity contribution is -0.147. The van der Waals surface area contributed by atoms with Crippen molar-refractivity contribution < 1.29 is 18.8 Å². The van der Waals surface area contributed by atoms with Crippen molar-refractivity contribution in [3.8, 4) is 28.3 Å². The Bertz CT molecular complexity index is 1480. The van der Waals surface area contributed by atoms with Crippen LogP contribution in [-0.4, -0.2) is 38.4 Å². The minimum atomic E-state index is -0.545. The first-order chi connectivity index (χ1) is 18.2. The lowest BCUT2D eigenvalue weighted by Gasteiger charge is -2.09. The van der Waals surface area contributed by atoms with Gasteiger partial charge < -0.3 is 14.6 Å². The lowest BCUT2D eigenvalue weighted by Crippen LogP contribution is -2.22. The normalized spacial score (nSPS) is 10.7. The van der Waals surface area contributed by atoms with Gasteiger partial charge in [0, 0.05) is 23.6 Å². The zero-order chi connectivity index (χ0) is 25.5. The Kier molecular flexibility index (Phi) is 7.12. The second-order valence-corrected chi connectivity index (χ2v) is 8.11. The average Bonchev–Trinajstić information content (AvgIpc) is 3.60. The Balaban J connectivity index is 1.18. The van der Waals surface area contributed by atoms with Crippen molar-refractivity contribution in [3.63, 3.8) is 0 Å². The number of para-hydroxylation sites is 1. The van der Waals surface area contributed by atoms with E-state index in [0.29, 0.717) is 23.2 Å². The highest BCUT2D eigenvalue weighted by Crippen LogP contribution is 2.24. The number of ether oxygens (including phenoxy) is 1. The van der Waals surface area contributed by atoms with Gasteiger partial charge in [-0.25, -0.2) is 4.68 Å². The van der Waals surface area contributed by atoms with Crippen molar-refractivity contribution in [2.75, 3.05) is 11.9 Å². The molecule has 0 fully saturated rings. The van der Waals surface area contributed by atoms with Crippen LogP contribution in [0.1, 0.15) is 12.3 Å². The van der Waals surface area contributed by atoms with E-state index in [1.165, 1.54) is 0 Å². The molecule has 9 nitrogen and oxygen atoms in total. The van der Waals surface area contributed by atoms with E-state index in [1.54, 1.807) is 10.7 Å². The number of amides is 1. The van der Waals surface area contributed by atoms with Gasteiger partial charge in [0.1, 0.15) is 5.82 Å². The van der Waals surface area contributed by atoms with Crippen LogP contribution in [0, 0.1) is 0 Å². The highest BCUT2D eigenvalue weighted by atomic mass is 16.5. The number of benzene rings is 3. The maximum absolute atomic E-state index is 12.6. The number of carbonyl (C=O) groups is 2. The Hall–Kier alpha value is -5.05. The predicted molar refractivity (Wildman–Crippen MR) is 137 cm³/mol. The first-order valence-corrected chi connectivity index (χ1v) is 11.7. The summed E-state index contributed by atoms with van der Waals surface area (Å²) in [5, 5.41) is 11.4. The van der Waals surface area contributed by atoms with Crippen molar-refractivity contribution in [1.82, 2.24) is 19.9 Å². The van der Waals surface area contributed by atoms with Gasteiger partial charge >= 0.3 is 5.97 Å². The molecule has 1 N–H and O–H groups in total. The van der Waals surface area contributed by atoms with Crippen molar-refractivity contribution in [1.29, 1.82) is 0 Å². The zero-order valence-corrected chi connectivity index (χ0v) is 19.8. The van der Waals surface area contributed by atoms with Crippen molar-refractivity contribution >= 4 is 17.7 Å². The molecule has 0 saturated carbocycles. The number of rotatable bonds is 9. The van der Waals surface area contributed by atoms with Crippen LogP contribution >= 0.6 is 0 Å². The third-order valence-corrected chi connectivity index (χ3v) is 5.45. The van der Waals surface area contributed by atoms with Crippen molar-refractivity contribution in [2.45, 2.75) is 12.8 Å².